The summed E-state index contributed by atoms with van der Waals surface area (Å²) in [7, 11) is 0. The summed E-state index contributed by atoms with van der Waals surface area (Å²) in [5.74, 6) is -0.208. The lowest BCUT2D eigenvalue weighted by atomic mass is 10.0. The highest BCUT2D eigenvalue weighted by molar-refractivity contribution is 5.87. The van der Waals surface area contributed by atoms with Crippen LogP contribution in [-0.4, -0.2) is 21.3 Å². The van der Waals surface area contributed by atoms with Crippen molar-refractivity contribution >= 4 is 5.97 Å². The third kappa shape index (κ3) is 3.30. The van der Waals surface area contributed by atoms with Gasteiger partial charge in [-0.25, -0.2) is 4.79 Å². The van der Waals surface area contributed by atoms with Crippen LogP contribution in [0.1, 0.15) is 27.2 Å². The molecule has 3 aromatic rings. The highest BCUT2D eigenvalue weighted by Gasteiger charge is 2.13. The van der Waals surface area contributed by atoms with Crippen LogP contribution in [0, 0.1) is 13.8 Å². The average Bonchev–Trinajstić information content (AvgIpc) is 3.06. The van der Waals surface area contributed by atoms with E-state index in [2.05, 4.69) is 10.2 Å². The molecule has 122 valence electrons. The van der Waals surface area contributed by atoms with Crippen LogP contribution in [0.2, 0.25) is 0 Å². The molecule has 0 fully saturated rings. The van der Waals surface area contributed by atoms with Gasteiger partial charge >= 0.3 is 5.97 Å². The smallest absolute Gasteiger partial charge is 0.353 e. The van der Waals surface area contributed by atoms with Crippen LogP contribution in [-0.2, 0) is 6.61 Å². The SMILES string of the molecule is Cc1cc(-c2cc(C(=O)O)[nH]n2)c(C)cc1OCc1ccccc1. The van der Waals surface area contributed by atoms with Crippen molar-refractivity contribution in [3.63, 3.8) is 0 Å². The van der Waals surface area contributed by atoms with Crippen LogP contribution in [0.4, 0.5) is 0 Å². The van der Waals surface area contributed by atoms with Crippen molar-refractivity contribution in [3.05, 3.63) is 70.9 Å². The number of hydrogen-bond donors (Lipinski definition) is 2. The van der Waals surface area contributed by atoms with Crippen molar-refractivity contribution in [3.8, 4) is 17.0 Å². The van der Waals surface area contributed by atoms with E-state index >= 15 is 0 Å². The average molecular weight is 322 g/mol. The summed E-state index contributed by atoms with van der Waals surface area (Å²) in [5.41, 5.74) is 4.65. The number of carbonyl (C=O) groups is 1. The predicted octanol–water partition coefficient (Wildman–Crippen LogP) is 3.97. The topological polar surface area (TPSA) is 75.2 Å². The summed E-state index contributed by atoms with van der Waals surface area (Å²) < 4.78 is 5.92. The molecule has 0 saturated carbocycles. The monoisotopic (exact) mass is 322 g/mol. The molecule has 0 aliphatic carbocycles. The van der Waals surface area contributed by atoms with Crippen LogP contribution in [0.25, 0.3) is 11.3 Å². The fraction of sp³-hybridized carbons (Fsp3) is 0.158. The quantitative estimate of drug-likeness (QED) is 0.745. The number of nitrogens with zero attached hydrogens (tertiary/aromatic N) is 1. The Labute approximate surface area is 139 Å². The van der Waals surface area contributed by atoms with Gasteiger partial charge in [0, 0.05) is 5.56 Å². The van der Waals surface area contributed by atoms with E-state index in [1.807, 2.05) is 56.3 Å². The molecule has 1 heterocycles. The van der Waals surface area contributed by atoms with E-state index in [0.29, 0.717) is 12.3 Å². The number of carboxylic acid groups (broad SMARTS) is 1. The molecule has 0 bridgehead atoms. The summed E-state index contributed by atoms with van der Waals surface area (Å²) in [4.78, 5) is 11.0. The number of benzene rings is 2. The third-order valence-corrected chi connectivity index (χ3v) is 3.84. The maximum Gasteiger partial charge on any atom is 0.353 e. The zero-order valence-corrected chi connectivity index (χ0v) is 13.5. The van der Waals surface area contributed by atoms with Gasteiger partial charge < -0.3 is 9.84 Å². The zero-order chi connectivity index (χ0) is 17.1. The molecule has 2 N–H and O–H groups in total. The number of H-pyrrole nitrogens is 1. The van der Waals surface area contributed by atoms with Crippen LogP contribution >= 0.6 is 0 Å². The Morgan fingerprint density at radius 2 is 1.88 bits per heavy atom. The molecule has 1 aromatic heterocycles. The lowest BCUT2D eigenvalue weighted by molar-refractivity contribution is 0.0690. The van der Waals surface area contributed by atoms with Crippen LogP contribution < -0.4 is 4.74 Å². The summed E-state index contributed by atoms with van der Waals surface area (Å²) in [6, 6.07) is 15.5. The highest BCUT2D eigenvalue weighted by atomic mass is 16.5. The lowest BCUT2D eigenvalue weighted by Gasteiger charge is -2.12. The first-order chi connectivity index (χ1) is 11.5. The standard InChI is InChI=1S/C19H18N2O3/c1-12-9-18(24-11-14-6-4-3-5-7-14)13(2)8-15(12)16-10-17(19(22)23)21-20-16/h3-10H,11H2,1-2H3,(H,20,21)(H,22,23). The van der Waals surface area contributed by atoms with Gasteiger partial charge in [0.15, 0.2) is 0 Å². The molecule has 0 unspecified atom stereocenters. The van der Waals surface area contributed by atoms with Crippen molar-refractivity contribution in [1.82, 2.24) is 10.2 Å². The van der Waals surface area contributed by atoms with Crippen molar-refractivity contribution in [2.24, 2.45) is 0 Å². The third-order valence-electron chi connectivity index (χ3n) is 3.84. The molecule has 5 heteroatoms. The van der Waals surface area contributed by atoms with Gasteiger partial charge in [-0.2, -0.15) is 5.10 Å². The molecule has 0 atom stereocenters. The van der Waals surface area contributed by atoms with Crippen molar-refractivity contribution in [1.29, 1.82) is 0 Å². The number of nitrogens with one attached hydrogen (secondary N) is 1. The summed E-state index contributed by atoms with van der Waals surface area (Å²) in [6.07, 6.45) is 0. The fourth-order valence-electron chi connectivity index (χ4n) is 2.53. The molecule has 0 aliphatic heterocycles. The molecule has 3 rings (SSSR count). The van der Waals surface area contributed by atoms with Crippen LogP contribution in [0.3, 0.4) is 0 Å². The van der Waals surface area contributed by atoms with Gasteiger partial charge in [0.2, 0.25) is 0 Å². The number of hydrogen-bond acceptors (Lipinski definition) is 3. The molecule has 0 amide bonds. The minimum atomic E-state index is -1.02. The minimum Gasteiger partial charge on any atom is -0.489 e. The van der Waals surface area contributed by atoms with E-state index in [1.165, 1.54) is 6.07 Å². The first-order valence-electron chi connectivity index (χ1n) is 7.61. The molecule has 5 nitrogen and oxygen atoms in total. The normalized spacial score (nSPS) is 10.6. The number of aromatic carboxylic acids is 1. The Morgan fingerprint density at radius 3 is 2.54 bits per heavy atom. The summed E-state index contributed by atoms with van der Waals surface area (Å²) >= 11 is 0. The van der Waals surface area contributed by atoms with E-state index in [4.69, 9.17) is 9.84 Å². The Hall–Kier alpha value is -3.08. The van der Waals surface area contributed by atoms with Gasteiger partial charge in [0.25, 0.3) is 0 Å². The highest BCUT2D eigenvalue weighted by Crippen LogP contribution is 2.30. The van der Waals surface area contributed by atoms with E-state index in [0.717, 1.165) is 28.0 Å². The van der Waals surface area contributed by atoms with Gasteiger partial charge in [-0.15, -0.1) is 0 Å². The molecule has 0 spiro atoms. The van der Waals surface area contributed by atoms with Gasteiger partial charge in [-0.05, 0) is 48.7 Å². The maximum atomic E-state index is 11.0. The van der Waals surface area contributed by atoms with Crippen molar-refractivity contribution in [2.45, 2.75) is 20.5 Å². The maximum absolute atomic E-state index is 11.0. The molecule has 2 aromatic carbocycles. The molecule has 0 saturated heterocycles. The van der Waals surface area contributed by atoms with E-state index in [1.54, 1.807) is 0 Å². The Balaban J connectivity index is 1.84. The lowest BCUT2D eigenvalue weighted by Crippen LogP contribution is -1.98. The molecular weight excluding hydrogens is 304 g/mol. The second kappa shape index (κ2) is 6.58. The molecule has 0 aliphatic rings. The van der Waals surface area contributed by atoms with E-state index in [9.17, 15) is 4.79 Å². The Kier molecular flexibility index (Phi) is 4.33. The summed E-state index contributed by atoms with van der Waals surface area (Å²) in [6.45, 7) is 4.43. The molecular formula is C19H18N2O3. The first-order valence-corrected chi connectivity index (χ1v) is 7.61. The van der Waals surface area contributed by atoms with Gasteiger partial charge in [0.1, 0.15) is 18.1 Å². The molecule has 0 radical (unpaired) electrons. The van der Waals surface area contributed by atoms with Gasteiger partial charge in [0.05, 0.1) is 5.69 Å². The van der Waals surface area contributed by atoms with Gasteiger partial charge in [-0.1, -0.05) is 30.3 Å². The number of carboxylic acids is 1. The first kappa shape index (κ1) is 15.8. The van der Waals surface area contributed by atoms with E-state index in [-0.39, 0.29) is 5.69 Å². The zero-order valence-electron chi connectivity index (χ0n) is 13.5. The predicted molar refractivity (Wildman–Crippen MR) is 91.2 cm³/mol. The second-order valence-electron chi connectivity index (χ2n) is 5.68. The number of aryl methyl sites for hydroxylation is 2. The second-order valence-corrected chi connectivity index (χ2v) is 5.68. The largest absolute Gasteiger partial charge is 0.489 e. The molecule has 24 heavy (non-hydrogen) atoms. The summed E-state index contributed by atoms with van der Waals surface area (Å²) in [5, 5.41) is 15.6. The van der Waals surface area contributed by atoms with Crippen molar-refractivity contribution < 1.29 is 14.6 Å². The van der Waals surface area contributed by atoms with Crippen LogP contribution in [0.5, 0.6) is 5.75 Å². The minimum absolute atomic E-state index is 0.0754. The van der Waals surface area contributed by atoms with Crippen molar-refractivity contribution in [2.75, 3.05) is 0 Å². The number of aromatic amines is 1. The fourth-order valence-corrected chi connectivity index (χ4v) is 2.53. The van der Waals surface area contributed by atoms with E-state index < -0.39 is 5.97 Å². The number of rotatable bonds is 5. The Bertz CT molecular complexity index is 870. The Morgan fingerprint density at radius 1 is 1.12 bits per heavy atom. The van der Waals surface area contributed by atoms with Gasteiger partial charge in [-0.3, -0.25) is 5.10 Å². The van der Waals surface area contributed by atoms with Crippen LogP contribution in [0.15, 0.2) is 48.5 Å². The number of ether oxygens (including phenoxy) is 1. The number of aromatic nitrogens is 2.